The summed E-state index contributed by atoms with van der Waals surface area (Å²) < 4.78 is 5.59. The van der Waals surface area contributed by atoms with Crippen molar-refractivity contribution in [3.8, 4) is 0 Å². The fourth-order valence-electron chi connectivity index (χ4n) is 4.40. The molecule has 1 saturated heterocycles. The molecular weight excluding hydrogens is 344 g/mol. The molecule has 3 nitrogen and oxygen atoms in total. The van der Waals surface area contributed by atoms with Gasteiger partial charge in [-0.1, -0.05) is 60.7 Å². The van der Waals surface area contributed by atoms with Gasteiger partial charge in [-0.25, -0.2) is 0 Å². The number of nitrogens with one attached hydrogen (secondary N) is 1. The van der Waals surface area contributed by atoms with Crippen molar-refractivity contribution >= 4 is 16.5 Å². The van der Waals surface area contributed by atoms with Crippen molar-refractivity contribution in [2.24, 2.45) is 0 Å². The van der Waals surface area contributed by atoms with Gasteiger partial charge in [0, 0.05) is 32.4 Å². The lowest BCUT2D eigenvalue weighted by atomic mass is 9.87. The lowest BCUT2D eigenvalue weighted by Gasteiger charge is -2.42. The number of para-hydroxylation sites is 1. The molecule has 0 radical (unpaired) electrons. The molecule has 0 unspecified atom stereocenters. The van der Waals surface area contributed by atoms with E-state index >= 15 is 0 Å². The maximum Gasteiger partial charge on any atom is 0.0693 e. The van der Waals surface area contributed by atoms with Crippen LogP contribution in [-0.2, 0) is 11.2 Å². The number of anilines is 1. The standard InChI is InChI=1S/C25H30N2O/c1-28-20-25(26-23-11-3-2-4-12-23)15-18-27(19-16-25)17-14-22-10-7-9-21-8-5-6-13-24(21)22/h2-13,26H,14-20H2,1H3. The molecule has 0 aromatic heterocycles. The molecular formula is C25H30N2O. The van der Waals surface area contributed by atoms with Crippen molar-refractivity contribution in [1.29, 1.82) is 0 Å². The Morgan fingerprint density at radius 1 is 0.893 bits per heavy atom. The first-order chi connectivity index (χ1) is 13.8. The first-order valence-corrected chi connectivity index (χ1v) is 10.3. The molecule has 1 fully saturated rings. The Bertz CT molecular complexity index is 880. The van der Waals surface area contributed by atoms with E-state index in [0.717, 1.165) is 45.5 Å². The van der Waals surface area contributed by atoms with E-state index < -0.39 is 0 Å². The molecule has 0 atom stereocenters. The summed E-state index contributed by atoms with van der Waals surface area (Å²) in [6.07, 6.45) is 3.31. The molecule has 0 spiro atoms. The number of hydrogen-bond acceptors (Lipinski definition) is 3. The number of ether oxygens (including phenoxy) is 1. The summed E-state index contributed by atoms with van der Waals surface area (Å²) in [5.41, 5.74) is 2.67. The number of nitrogens with zero attached hydrogens (tertiary/aromatic N) is 1. The minimum atomic E-state index is 0.0338. The van der Waals surface area contributed by atoms with Crippen molar-refractivity contribution in [3.63, 3.8) is 0 Å². The van der Waals surface area contributed by atoms with Gasteiger partial charge in [0.25, 0.3) is 0 Å². The van der Waals surface area contributed by atoms with Crippen molar-refractivity contribution in [2.45, 2.75) is 24.8 Å². The van der Waals surface area contributed by atoms with Crippen molar-refractivity contribution in [3.05, 3.63) is 78.4 Å². The van der Waals surface area contributed by atoms with Gasteiger partial charge < -0.3 is 15.0 Å². The Morgan fingerprint density at radius 2 is 1.61 bits per heavy atom. The zero-order valence-corrected chi connectivity index (χ0v) is 16.7. The van der Waals surface area contributed by atoms with Crippen LogP contribution in [0.1, 0.15) is 18.4 Å². The highest BCUT2D eigenvalue weighted by Crippen LogP contribution is 2.28. The van der Waals surface area contributed by atoms with Crippen LogP contribution in [0.3, 0.4) is 0 Å². The van der Waals surface area contributed by atoms with E-state index in [0.29, 0.717) is 0 Å². The van der Waals surface area contributed by atoms with Crippen LogP contribution in [0.2, 0.25) is 0 Å². The SMILES string of the molecule is COCC1(Nc2ccccc2)CCN(CCc2cccc3ccccc23)CC1. The van der Waals surface area contributed by atoms with E-state index in [9.17, 15) is 0 Å². The minimum Gasteiger partial charge on any atom is -0.382 e. The molecule has 0 aliphatic carbocycles. The maximum absolute atomic E-state index is 5.59. The molecule has 0 amide bonds. The van der Waals surface area contributed by atoms with Crippen LogP contribution in [-0.4, -0.2) is 43.8 Å². The molecule has 4 rings (SSSR count). The van der Waals surface area contributed by atoms with Crippen LogP contribution in [0.25, 0.3) is 10.8 Å². The Labute approximate surface area is 168 Å². The van der Waals surface area contributed by atoms with Gasteiger partial charge in [0.2, 0.25) is 0 Å². The quantitative estimate of drug-likeness (QED) is 0.631. The molecule has 1 aliphatic heterocycles. The minimum absolute atomic E-state index is 0.0338. The summed E-state index contributed by atoms with van der Waals surface area (Å²) in [4.78, 5) is 2.60. The van der Waals surface area contributed by atoms with Crippen molar-refractivity contribution in [2.75, 3.05) is 38.7 Å². The molecule has 28 heavy (non-hydrogen) atoms. The van der Waals surface area contributed by atoms with Gasteiger partial charge in [-0.15, -0.1) is 0 Å². The van der Waals surface area contributed by atoms with E-state index in [4.69, 9.17) is 4.74 Å². The average molecular weight is 375 g/mol. The van der Waals surface area contributed by atoms with Gasteiger partial charge in [0.05, 0.1) is 12.1 Å². The summed E-state index contributed by atoms with van der Waals surface area (Å²) in [5.74, 6) is 0. The van der Waals surface area contributed by atoms with E-state index in [2.05, 4.69) is 83.0 Å². The first-order valence-electron chi connectivity index (χ1n) is 10.3. The highest BCUT2D eigenvalue weighted by Gasteiger charge is 2.34. The summed E-state index contributed by atoms with van der Waals surface area (Å²) in [7, 11) is 1.81. The Morgan fingerprint density at radius 3 is 2.39 bits per heavy atom. The topological polar surface area (TPSA) is 24.5 Å². The summed E-state index contributed by atoms with van der Waals surface area (Å²) >= 11 is 0. The number of methoxy groups -OCH3 is 1. The number of fused-ring (bicyclic) bond motifs is 1. The second-order valence-electron chi connectivity index (χ2n) is 7.93. The third kappa shape index (κ3) is 4.37. The molecule has 146 valence electrons. The number of hydrogen-bond donors (Lipinski definition) is 1. The normalized spacial score (nSPS) is 16.9. The number of rotatable bonds is 7. The maximum atomic E-state index is 5.59. The van der Waals surface area contributed by atoms with Gasteiger partial charge >= 0.3 is 0 Å². The second-order valence-corrected chi connectivity index (χ2v) is 7.93. The van der Waals surface area contributed by atoms with Crippen LogP contribution in [0, 0.1) is 0 Å². The Balaban J connectivity index is 1.37. The van der Waals surface area contributed by atoms with Gasteiger partial charge in [0.1, 0.15) is 0 Å². The molecule has 3 aromatic rings. The Hall–Kier alpha value is -2.36. The van der Waals surface area contributed by atoms with E-state index in [1.54, 1.807) is 7.11 Å². The van der Waals surface area contributed by atoms with Crippen LogP contribution in [0.4, 0.5) is 5.69 Å². The Kier molecular flexibility index (Phi) is 5.94. The highest BCUT2D eigenvalue weighted by molar-refractivity contribution is 5.85. The monoisotopic (exact) mass is 374 g/mol. The molecule has 3 heteroatoms. The first kappa shape index (κ1) is 19.0. The zero-order valence-electron chi connectivity index (χ0n) is 16.7. The van der Waals surface area contributed by atoms with Gasteiger partial charge in [0.15, 0.2) is 0 Å². The summed E-state index contributed by atoms with van der Waals surface area (Å²) in [5, 5.41) is 6.49. The van der Waals surface area contributed by atoms with Crippen LogP contribution in [0.15, 0.2) is 72.8 Å². The third-order valence-electron chi connectivity index (χ3n) is 5.99. The number of piperidine rings is 1. The predicted molar refractivity (Wildman–Crippen MR) is 118 cm³/mol. The van der Waals surface area contributed by atoms with Gasteiger partial charge in [-0.05, 0) is 47.7 Å². The zero-order chi connectivity index (χ0) is 19.2. The molecule has 1 N–H and O–H groups in total. The van der Waals surface area contributed by atoms with E-state index in [1.165, 1.54) is 22.0 Å². The molecule has 0 saturated carbocycles. The van der Waals surface area contributed by atoms with Crippen molar-refractivity contribution < 1.29 is 4.74 Å². The fourth-order valence-corrected chi connectivity index (χ4v) is 4.40. The number of benzene rings is 3. The molecule has 0 bridgehead atoms. The van der Waals surface area contributed by atoms with E-state index in [1.807, 2.05) is 0 Å². The summed E-state index contributed by atoms with van der Waals surface area (Å²) in [6, 6.07) is 25.9. The predicted octanol–water partition coefficient (Wildman–Crippen LogP) is 4.98. The van der Waals surface area contributed by atoms with Crippen LogP contribution < -0.4 is 5.32 Å². The van der Waals surface area contributed by atoms with Crippen molar-refractivity contribution in [1.82, 2.24) is 4.90 Å². The lowest BCUT2D eigenvalue weighted by Crippen LogP contribution is -2.52. The smallest absolute Gasteiger partial charge is 0.0693 e. The molecule has 1 heterocycles. The van der Waals surface area contributed by atoms with Gasteiger partial charge in [-0.2, -0.15) is 0 Å². The average Bonchev–Trinajstić information content (AvgIpc) is 2.74. The third-order valence-corrected chi connectivity index (χ3v) is 5.99. The fraction of sp³-hybridized carbons (Fsp3) is 0.360. The van der Waals surface area contributed by atoms with Crippen LogP contribution >= 0.6 is 0 Å². The second kappa shape index (κ2) is 8.76. The van der Waals surface area contributed by atoms with Gasteiger partial charge in [-0.3, -0.25) is 0 Å². The van der Waals surface area contributed by atoms with E-state index in [-0.39, 0.29) is 5.54 Å². The lowest BCUT2D eigenvalue weighted by molar-refractivity contribution is 0.0891. The molecule has 3 aromatic carbocycles. The van der Waals surface area contributed by atoms with Crippen LogP contribution in [0.5, 0.6) is 0 Å². The number of likely N-dealkylation sites (tertiary alicyclic amines) is 1. The summed E-state index contributed by atoms with van der Waals surface area (Å²) in [6.45, 7) is 4.07. The largest absolute Gasteiger partial charge is 0.382 e. The molecule has 1 aliphatic rings. The highest BCUT2D eigenvalue weighted by atomic mass is 16.5.